The summed E-state index contributed by atoms with van der Waals surface area (Å²) in [6.45, 7) is 6.01. The van der Waals surface area contributed by atoms with Crippen LogP contribution in [0, 0.1) is 6.92 Å². The number of hydrogen-bond donors (Lipinski definition) is 1. The minimum atomic E-state index is -0.310. The van der Waals surface area contributed by atoms with Gasteiger partial charge in [-0.1, -0.05) is 0 Å². The molecule has 0 saturated carbocycles. The number of piperazine rings is 1. The summed E-state index contributed by atoms with van der Waals surface area (Å²) in [7, 11) is 0. The number of hydrogen-bond acceptors (Lipinski definition) is 4. The van der Waals surface area contributed by atoms with Gasteiger partial charge in [-0.2, -0.15) is 0 Å². The van der Waals surface area contributed by atoms with Crippen LogP contribution in [0.15, 0.2) is 29.3 Å². The molecule has 1 saturated heterocycles. The molecule has 1 amide bonds. The van der Waals surface area contributed by atoms with Gasteiger partial charge < -0.3 is 10.2 Å². The van der Waals surface area contributed by atoms with Gasteiger partial charge in [0.25, 0.3) is 11.5 Å². The Morgan fingerprint density at radius 2 is 2.23 bits per heavy atom. The molecule has 1 N–H and O–H groups in total. The summed E-state index contributed by atoms with van der Waals surface area (Å²) in [5, 5.41) is 3.23. The van der Waals surface area contributed by atoms with Crippen molar-refractivity contribution in [3.05, 3.63) is 46.0 Å². The number of rotatable bonds is 1. The summed E-state index contributed by atoms with van der Waals surface area (Å²) in [6.07, 6.45) is 3.06. The van der Waals surface area contributed by atoms with E-state index in [-0.39, 0.29) is 35.5 Å². The molecule has 2 aromatic rings. The summed E-state index contributed by atoms with van der Waals surface area (Å²) in [4.78, 5) is 31.1. The van der Waals surface area contributed by atoms with E-state index in [1.54, 1.807) is 11.1 Å². The summed E-state index contributed by atoms with van der Waals surface area (Å²) < 4.78 is 1.42. The smallest absolute Gasteiger partial charge is 0.270 e. The molecular formula is C15H19ClN4O2. The van der Waals surface area contributed by atoms with E-state index in [9.17, 15) is 9.59 Å². The lowest BCUT2D eigenvalue weighted by atomic mass is 10.1. The highest BCUT2D eigenvalue weighted by Crippen LogP contribution is 2.08. The third-order valence-electron chi connectivity index (χ3n) is 3.86. The SMILES string of the molecule is Cc1ccn2c(=O)c(C(=O)N3CCNC[C@@H]3C)cnc2c1.Cl. The minimum absolute atomic E-state index is 0. The largest absolute Gasteiger partial charge is 0.333 e. The third-order valence-corrected chi connectivity index (χ3v) is 3.86. The Hall–Kier alpha value is -1.92. The Balaban J connectivity index is 0.00000176. The highest BCUT2D eigenvalue weighted by molar-refractivity contribution is 5.94. The first-order valence-electron chi connectivity index (χ1n) is 7.07. The van der Waals surface area contributed by atoms with Crippen molar-refractivity contribution in [2.45, 2.75) is 19.9 Å². The first-order chi connectivity index (χ1) is 10.1. The fourth-order valence-electron chi connectivity index (χ4n) is 2.62. The first-order valence-corrected chi connectivity index (χ1v) is 7.07. The predicted octanol–water partition coefficient (Wildman–Crippen LogP) is 0.859. The van der Waals surface area contributed by atoms with Crippen LogP contribution in [0.25, 0.3) is 5.65 Å². The average molecular weight is 323 g/mol. The van der Waals surface area contributed by atoms with Crippen LogP contribution in [0.5, 0.6) is 0 Å². The second kappa shape index (κ2) is 6.46. The Labute approximate surface area is 134 Å². The molecule has 118 valence electrons. The second-order valence-electron chi connectivity index (χ2n) is 5.46. The maximum Gasteiger partial charge on any atom is 0.270 e. The van der Waals surface area contributed by atoms with Crippen LogP contribution >= 0.6 is 12.4 Å². The summed E-state index contributed by atoms with van der Waals surface area (Å²) in [5.74, 6) is -0.239. The Kier molecular flexibility index (Phi) is 4.83. The highest BCUT2D eigenvalue weighted by atomic mass is 35.5. The van der Waals surface area contributed by atoms with Crippen LogP contribution in [0.1, 0.15) is 22.8 Å². The van der Waals surface area contributed by atoms with E-state index in [0.29, 0.717) is 12.2 Å². The average Bonchev–Trinajstić information content (AvgIpc) is 2.47. The van der Waals surface area contributed by atoms with Gasteiger partial charge in [-0.25, -0.2) is 4.98 Å². The lowest BCUT2D eigenvalue weighted by molar-refractivity contribution is 0.0653. The number of fused-ring (bicyclic) bond motifs is 1. The van der Waals surface area contributed by atoms with Crippen molar-refractivity contribution in [2.24, 2.45) is 0 Å². The zero-order valence-corrected chi connectivity index (χ0v) is 13.4. The van der Waals surface area contributed by atoms with Gasteiger partial charge in [-0.15, -0.1) is 12.4 Å². The van der Waals surface area contributed by atoms with Crippen molar-refractivity contribution in [2.75, 3.05) is 19.6 Å². The molecule has 1 atom stereocenters. The van der Waals surface area contributed by atoms with Crippen molar-refractivity contribution in [1.82, 2.24) is 19.6 Å². The number of nitrogens with one attached hydrogen (secondary N) is 1. The van der Waals surface area contributed by atoms with E-state index >= 15 is 0 Å². The number of carbonyl (C=O) groups excluding carboxylic acids is 1. The van der Waals surface area contributed by atoms with Crippen LogP contribution in [0.2, 0.25) is 0 Å². The Morgan fingerprint density at radius 1 is 1.45 bits per heavy atom. The number of carbonyl (C=O) groups is 1. The molecule has 0 unspecified atom stereocenters. The highest BCUT2D eigenvalue weighted by Gasteiger charge is 2.26. The Morgan fingerprint density at radius 3 is 2.95 bits per heavy atom. The molecule has 0 bridgehead atoms. The monoisotopic (exact) mass is 322 g/mol. The molecule has 1 fully saturated rings. The van der Waals surface area contributed by atoms with Crippen molar-refractivity contribution < 1.29 is 4.79 Å². The van der Waals surface area contributed by atoms with Crippen molar-refractivity contribution >= 4 is 24.0 Å². The predicted molar refractivity (Wildman–Crippen MR) is 86.8 cm³/mol. The molecule has 22 heavy (non-hydrogen) atoms. The van der Waals surface area contributed by atoms with Gasteiger partial charge in [0, 0.05) is 38.1 Å². The van der Waals surface area contributed by atoms with Crippen molar-refractivity contribution in [3.8, 4) is 0 Å². The van der Waals surface area contributed by atoms with Crippen molar-refractivity contribution in [3.63, 3.8) is 0 Å². The molecule has 1 aliphatic heterocycles. The Bertz CT molecular complexity index is 759. The molecule has 7 heteroatoms. The summed E-state index contributed by atoms with van der Waals surface area (Å²) >= 11 is 0. The number of aromatic nitrogens is 2. The van der Waals surface area contributed by atoms with Gasteiger partial charge in [-0.3, -0.25) is 14.0 Å². The molecule has 3 heterocycles. The lowest BCUT2D eigenvalue weighted by Gasteiger charge is -2.33. The maximum atomic E-state index is 12.6. The zero-order chi connectivity index (χ0) is 15.0. The topological polar surface area (TPSA) is 66.7 Å². The van der Waals surface area contributed by atoms with Crippen LogP contribution in [-0.2, 0) is 0 Å². The number of pyridine rings is 1. The van der Waals surface area contributed by atoms with Crippen LogP contribution in [0.4, 0.5) is 0 Å². The van der Waals surface area contributed by atoms with Gasteiger partial charge in [0.15, 0.2) is 0 Å². The van der Waals surface area contributed by atoms with E-state index in [0.717, 1.165) is 18.7 Å². The molecule has 0 spiro atoms. The molecular weight excluding hydrogens is 304 g/mol. The standard InChI is InChI=1S/C15H18N4O2.ClH/c1-10-3-5-19-13(7-10)17-9-12(15(19)21)14(20)18-6-4-16-8-11(18)2;/h3,5,7,9,11,16H,4,6,8H2,1-2H3;1H/t11-;/m0./s1. The summed E-state index contributed by atoms with van der Waals surface area (Å²) in [5.41, 5.74) is 1.41. The van der Waals surface area contributed by atoms with E-state index in [1.807, 2.05) is 26.0 Å². The van der Waals surface area contributed by atoms with E-state index in [2.05, 4.69) is 10.3 Å². The van der Waals surface area contributed by atoms with E-state index in [1.165, 1.54) is 10.6 Å². The third kappa shape index (κ3) is 2.84. The molecule has 0 aliphatic carbocycles. The van der Waals surface area contributed by atoms with Crippen LogP contribution < -0.4 is 10.9 Å². The maximum absolute atomic E-state index is 12.6. The van der Waals surface area contributed by atoms with Gasteiger partial charge >= 0.3 is 0 Å². The quantitative estimate of drug-likeness (QED) is 0.845. The van der Waals surface area contributed by atoms with Gasteiger partial charge in [0.1, 0.15) is 11.2 Å². The van der Waals surface area contributed by atoms with Crippen LogP contribution in [-0.4, -0.2) is 45.9 Å². The molecule has 1 aliphatic rings. The van der Waals surface area contributed by atoms with E-state index < -0.39 is 0 Å². The molecule has 2 aromatic heterocycles. The van der Waals surface area contributed by atoms with Crippen LogP contribution in [0.3, 0.4) is 0 Å². The second-order valence-corrected chi connectivity index (χ2v) is 5.46. The van der Waals surface area contributed by atoms with Crippen molar-refractivity contribution in [1.29, 1.82) is 0 Å². The molecule has 3 rings (SSSR count). The molecule has 6 nitrogen and oxygen atoms in total. The molecule has 0 radical (unpaired) electrons. The van der Waals surface area contributed by atoms with E-state index in [4.69, 9.17) is 0 Å². The fourth-order valence-corrected chi connectivity index (χ4v) is 2.62. The fraction of sp³-hybridized carbons (Fsp3) is 0.400. The van der Waals surface area contributed by atoms with Gasteiger partial charge in [-0.05, 0) is 31.5 Å². The zero-order valence-electron chi connectivity index (χ0n) is 12.6. The first kappa shape index (κ1) is 16.5. The number of nitrogens with zero attached hydrogens (tertiary/aromatic N) is 3. The lowest BCUT2D eigenvalue weighted by Crippen LogP contribution is -2.53. The summed E-state index contributed by atoms with van der Waals surface area (Å²) in [6, 6.07) is 3.73. The number of aryl methyl sites for hydroxylation is 1. The number of amides is 1. The van der Waals surface area contributed by atoms with Gasteiger partial charge in [0.2, 0.25) is 0 Å². The van der Waals surface area contributed by atoms with Gasteiger partial charge in [0.05, 0.1) is 0 Å². The minimum Gasteiger partial charge on any atom is -0.333 e. The number of halogens is 1. The normalized spacial score (nSPS) is 18.1. The molecule has 0 aromatic carbocycles.